The monoisotopic (exact) mass is 365 g/mol. The smallest absolute Gasteiger partial charge is 0.331 e. The molecule has 5 fully saturated rings. The fraction of sp³-hybridized carbons (Fsp3) is 0.739. The second kappa shape index (κ2) is 4.52. The van der Waals surface area contributed by atoms with Crippen LogP contribution in [0.15, 0.2) is 29.0 Å². The third-order valence-corrected chi connectivity index (χ3v) is 10.0. The van der Waals surface area contributed by atoms with E-state index in [0.717, 1.165) is 54.1 Å². The summed E-state index contributed by atoms with van der Waals surface area (Å²) in [6.07, 6.45) is 13.2. The SMILES string of the molecule is C[C@]12CCC3C(C1[C@@H]1C[C@@H]1[C@@]21C=CC(=O)O1)[C@H]1C[C@H]1C1=C/C(=N/O)CC[C@@H]13. The summed E-state index contributed by atoms with van der Waals surface area (Å²) in [6, 6.07) is 0. The van der Waals surface area contributed by atoms with Gasteiger partial charge in [-0.3, -0.25) is 0 Å². The van der Waals surface area contributed by atoms with Gasteiger partial charge in [0.1, 0.15) is 5.60 Å². The highest BCUT2D eigenvalue weighted by Gasteiger charge is 2.79. The molecule has 0 radical (unpaired) electrons. The zero-order chi connectivity index (χ0) is 18.1. The number of carbonyl (C=O) groups is 1. The molecule has 1 spiro atoms. The van der Waals surface area contributed by atoms with Crippen molar-refractivity contribution in [2.24, 2.45) is 57.9 Å². The Morgan fingerprint density at radius 1 is 1.19 bits per heavy atom. The molecule has 5 saturated carbocycles. The van der Waals surface area contributed by atoms with E-state index in [2.05, 4.69) is 24.2 Å². The summed E-state index contributed by atoms with van der Waals surface area (Å²) in [5, 5.41) is 12.8. The normalized spacial score (nSPS) is 60.1. The lowest BCUT2D eigenvalue weighted by Crippen LogP contribution is -2.55. The minimum atomic E-state index is -0.297. The number of nitrogens with zero attached hydrogens (tertiary/aromatic N) is 1. The average Bonchev–Trinajstić information content (AvgIpc) is 3.58. The van der Waals surface area contributed by atoms with Gasteiger partial charge in [-0.1, -0.05) is 17.7 Å². The minimum Gasteiger partial charge on any atom is -0.451 e. The van der Waals surface area contributed by atoms with Gasteiger partial charge in [-0.25, -0.2) is 4.79 Å². The van der Waals surface area contributed by atoms with E-state index in [-0.39, 0.29) is 17.0 Å². The first kappa shape index (κ1) is 15.4. The molecule has 1 heterocycles. The predicted molar refractivity (Wildman–Crippen MR) is 99.0 cm³/mol. The zero-order valence-corrected chi connectivity index (χ0v) is 15.8. The van der Waals surface area contributed by atoms with Gasteiger partial charge in [0.25, 0.3) is 0 Å². The first-order valence-electron chi connectivity index (χ1n) is 10.9. The van der Waals surface area contributed by atoms with Gasteiger partial charge in [0.15, 0.2) is 0 Å². The highest BCUT2D eigenvalue weighted by Crippen LogP contribution is 2.80. The molecule has 4 nitrogen and oxygen atoms in total. The third-order valence-electron chi connectivity index (χ3n) is 10.0. The number of carbonyl (C=O) groups excluding carboxylic acids is 1. The Hall–Kier alpha value is -1.58. The van der Waals surface area contributed by atoms with Gasteiger partial charge in [-0.2, -0.15) is 0 Å². The molecule has 0 aromatic carbocycles. The maximum absolute atomic E-state index is 12.0. The number of ether oxygens (including phenoxy) is 1. The highest BCUT2D eigenvalue weighted by molar-refractivity contribution is 5.96. The summed E-state index contributed by atoms with van der Waals surface area (Å²) in [7, 11) is 0. The Kier molecular flexibility index (Phi) is 2.57. The summed E-state index contributed by atoms with van der Waals surface area (Å²) in [4.78, 5) is 12.0. The summed E-state index contributed by atoms with van der Waals surface area (Å²) < 4.78 is 6.10. The van der Waals surface area contributed by atoms with Crippen molar-refractivity contribution in [1.82, 2.24) is 0 Å². The Morgan fingerprint density at radius 3 is 2.85 bits per heavy atom. The van der Waals surface area contributed by atoms with Crippen LogP contribution >= 0.6 is 0 Å². The Balaban J connectivity index is 1.30. The Labute approximate surface area is 159 Å². The van der Waals surface area contributed by atoms with E-state index in [9.17, 15) is 10.0 Å². The van der Waals surface area contributed by atoms with Crippen molar-refractivity contribution in [2.75, 3.05) is 0 Å². The van der Waals surface area contributed by atoms with Gasteiger partial charge in [0.2, 0.25) is 0 Å². The fourth-order valence-corrected chi connectivity index (χ4v) is 9.03. The number of esters is 1. The van der Waals surface area contributed by atoms with Crippen LogP contribution in [-0.2, 0) is 9.53 Å². The third kappa shape index (κ3) is 1.61. The van der Waals surface area contributed by atoms with Crippen LogP contribution in [0.25, 0.3) is 0 Å². The van der Waals surface area contributed by atoms with E-state index in [1.807, 2.05) is 0 Å². The van der Waals surface area contributed by atoms with E-state index < -0.39 is 0 Å². The summed E-state index contributed by atoms with van der Waals surface area (Å²) in [5.41, 5.74) is 2.33. The van der Waals surface area contributed by atoms with Crippen molar-refractivity contribution in [3.8, 4) is 0 Å². The maximum atomic E-state index is 12.0. The van der Waals surface area contributed by atoms with Crippen molar-refractivity contribution in [3.05, 3.63) is 23.8 Å². The molecule has 6 aliphatic carbocycles. The second-order valence-corrected chi connectivity index (χ2v) is 10.7. The lowest BCUT2D eigenvalue weighted by molar-refractivity contribution is -0.168. The topological polar surface area (TPSA) is 58.9 Å². The van der Waals surface area contributed by atoms with Crippen molar-refractivity contribution in [2.45, 2.75) is 51.0 Å². The van der Waals surface area contributed by atoms with Crippen LogP contribution in [0.3, 0.4) is 0 Å². The lowest BCUT2D eigenvalue weighted by atomic mass is 9.49. The first-order valence-corrected chi connectivity index (χ1v) is 10.9. The maximum Gasteiger partial charge on any atom is 0.331 e. The number of fused-ring (bicyclic) bond motifs is 12. The molecule has 10 atom stereocenters. The average molecular weight is 365 g/mol. The van der Waals surface area contributed by atoms with Gasteiger partial charge in [0.05, 0.1) is 5.71 Å². The van der Waals surface area contributed by atoms with Crippen LogP contribution in [0.4, 0.5) is 0 Å². The predicted octanol–water partition coefficient (Wildman–Crippen LogP) is 3.95. The molecule has 142 valence electrons. The van der Waals surface area contributed by atoms with Crippen LogP contribution in [-0.4, -0.2) is 22.5 Å². The van der Waals surface area contributed by atoms with E-state index >= 15 is 0 Å². The molecule has 1 N–H and O–H groups in total. The van der Waals surface area contributed by atoms with E-state index in [0.29, 0.717) is 11.8 Å². The van der Waals surface area contributed by atoms with Gasteiger partial charge < -0.3 is 9.94 Å². The summed E-state index contributed by atoms with van der Waals surface area (Å²) >= 11 is 0. The van der Waals surface area contributed by atoms with Gasteiger partial charge >= 0.3 is 5.97 Å². The lowest BCUT2D eigenvalue weighted by Gasteiger charge is -2.56. The molecule has 0 saturated heterocycles. The number of allylic oxidation sites excluding steroid dienone is 2. The molecular formula is C23H27NO3. The summed E-state index contributed by atoms with van der Waals surface area (Å²) in [5.74, 6) is 5.78. The van der Waals surface area contributed by atoms with Crippen molar-refractivity contribution < 1.29 is 14.7 Å². The van der Waals surface area contributed by atoms with Crippen LogP contribution in [0.2, 0.25) is 0 Å². The molecule has 0 aromatic heterocycles. The van der Waals surface area contributed by atoms with E-state index in [1.54, 1.807) is 11.6 Å². The highest BCUT2D eigenvalue weighted by atomic mass is 16.6. The quantitative estimate of drug-likeness (QED) is 0.402. The molecule has 3 unspecified atom stereocenters. The largest absolute Gasteiger partial charge is 0.451 e. The van der Waals surface area contributed by atoms with Crippen LogP contribution in [0, 0.1) is 52.8 Å². The molecule has 0 aromatic rings. The van der Waals surface area contributed by atoms with Crippen LogP contribution < -0.4 is 0 Å². The minimum absolute atomic E-state index is 0.120. The molecule has 7 rings (SSSR count). The molecular weight excluding hydrogens is 338 g/mol. The van der Waals surface area contributed by atoms with Gasteiger partial charge in [-0.15, -0.1) is 0 Å². The first-order chi connectivity index (χ1) is 13.1. The zero-order valence-electron chi connectivity index (χ0n) is 15.8. The number of oxime groups is 1. The van der Waals surface area contributed by atoms with Gasteiger partial charge in [-0.05, 0) is 92.1 Å². The molecule has 7 aliphatic rings. The fourth-order valence-electron chi connectivity index (χ4n) is 9.03. The van der Waals surface area contributed by atoms with E-state index in [4.69, 9.17) is 4.74 Å². The number of rotatable bonds is 0. The van der Waals surface area contributed by atoms with Crippen LogP contribution in [0.5, 0.6) is 0 Å². The molecule has 27 heavy (non-hydrogen) atoms. The Bertz CT molecular complexity index is 858. The second-order valence-electron chi connectivity index (χ2n) is 10.7. The standard InChI is InChI=1S/C23H27NO3/c1-22-6-4-13-12-3-2-11(24-26)8-14(12)15-9-16(15)20(13)21(22)17-10-18(17)23(22)7-5-19(25)27-23/h5,7-8,12-13,15-18,20-21,26H,2-4,6,9-10H2,1H3/b24-11+/t12-,13?,15+,16+,17-,18+,20?,21?,22+,23+/m1/s1. The van der Waals surface area contributed by atoms with Gasteiger partial charge in [0, 0.05) is 17.4 Å². The number of hydrogen-bond acceptors (Lipinski definition) is 4. The van der Waals surface area contributed by atoms with Crippen molar-refractivity contribution in [1.29, 1.82) is 0 Å². The molecule has 4 heteroatoms. The molecule has 0 amide bonds. The van der Waals surface area contributed by atoms with Crippen molar-refractivity contribution >= 4 is 11.7 Å². The number of hydrogen-bond donors (Lipinski definition) is 1. The van der Waals surface area contributed by atoms with E-state index in [1.165, 1.54) is 25.7 Å². The van der Waals surface area contributed by atoms with Crippen LogP contribution in [0.1, 0.15) is 45.4 Å². The molecule has 0 bridgehead atoms. The molecule has 1 aliphatic heterocycles. The Morgan fingerprint density at radius 2 is 2.07 bits per heavy atom. The summed E-state index contributed by atoms with van der Waals surface area (Å²) in [6.45, 7) is 2.45. The van der Waals surface area contributed by atoms with Crippen molar-refractivity contribution in [3.63, 3.8) is 0 Å².